The van der Waals surface area contributed by atoms with E-state index in [1.165, 1.54) is 25.2 Å². The Kier molecular flexibility index (Phi) is 2.97. The molecule has 6 heteroatoms. The van der Waals surface area contributed by atoms with Crippen LogP contribution >= 0.6 is 0 Å². The van der Waals surface area contributed by atoms with E-state index in [9.17, 15) is 4.79 Å². The predicted octanol–water partition coefficient (Wildman–Crippen LogP) is 0.710. The van der Waals surface area contributed by atoms with Gasteiger partial charge in [0.25, 0.3) is 0 Å². The lowest BCUT2D eigenvalue weighted by molar-refractivity contribution is -0.0541. The minimum atomic E-state index is -1.01. The zero-order valence-electron chi connectivity index (χ0n) is 9.95. The standard InChI is InChI=1S/C12H15N3O3/c16-12(17)8-4-13-11(14-5-8)10-6-15-3-1-2-9(15)7-18-10/h4-5,9-10H,1-3,6-7H2,(H,16,17). The van der Waals surface area contributed by atoms with Gasteiger partial charge in [-0.05, 0) is 19.4 Å². The maximum Gasteiger partial charge on any atom is 0.338 e. The third kappa shape index (κ3) is 2.09. The summed E-state index contributed by atoms with van der Waals surface area (Å²) in [6.45, 7) is 2.63. The van der Waals surface area contributed by atoms with Crippen molar-refractivity contribution in [2.75, 3.05) is 19.7 Å². The smallest absolute Gasteiger partial charge is 0.338 e. The van der Waals surface area contributed by atoms with Crippen LogP contribution in [0, 0.1) is 0 Å². The number of hydrogen-bond acceptors (Lipinski definition) is 5. The van der Waals surface area contributed by atoms with Gasteiger partial charge in [0.2, 0.25) is 0 Å². The van der Waals surface area contributed by atoms with E-state index < -0.39 is 5.97 Å². The maximum atomic E-state index is 10.7. The van der Waals surface area contributed by atoms with Crippen LogP contribution in [0.1, 0.15) is 35.1 Å². The lowest BCUT2D eigenvalue weighted by atomic mass is 10.2. The van der Waals surface area contributed by atoms with Gasteiger partial charge in [0, 0.05) is 25.0 Å². The van der Waals surface area contributed by atoms with Crippen molar-refractivity contribution in [3.05, 3.63) is 23.8 Å². The highest BCUT2D eigenvalue weighted by Crippen LogP contribution is 2.28. The molecule has 0 bridgehead atoms. The third-order valence-electron chi connectivity index (χ3n) is 3.60. The highest BCUT2D eigenvalue weighted by atomic mass is 16.5. The zero-order chi connectivity index (χ0) is 12.5. The molecule has 0 aromatic carbocycles. The number of ether oxygens (including phenoxy) is 1. The lowest BCUT2D eigenvalue weighted by Gasteiger charge is -2.34. The van der Waals surface area contributed by atoms with Crippen LogP contribution in [0.5, 0.6) is 0 Å². The van der Waals surface area contributed by atoms with Crippen LogP contribution in [0.25, 0.3) is 0 Å². The number of fused-ring (bicyclic) bond motifs is 1. The van der Waals surface area contributed by atoms with Crippen molar-refractivity contribution >= 4 is 5.97 Å². The van der Waals surface area contributed by atoms with Crippen molar-refractivity contribution < 1.29 is 14.6 Å². The van der Waals surface area contributed by atoms with Gasteiger partial charge in [-0.15, -0.1) is 0 Å². The highest BCUT2D eigenvalue weighted by molar-refractivity contribution is 5.86. The average Bonchev–Trinajstić information content (AvgIpc) is 2.86. The second kappa shape index (κ2) is 4.62. The molecule has 3 heterocycles. The van der Waals surface area contributed by atoms with Crippen LogP contribution in [0.2, 0.25) is 0 Å². The Labute approximate surface area is 105 Å². The van der Waals surface area contributed by atoms with E-state index in [0.29, 0.717) is 18.5 Å². The monoisotopic (exact) mass is 249 g/mol. The van der Waals surface area contributed by atoms with Crippen LogP contribution in [0.3, 0.4) is 0 Å². The third-order valence-corrected chi connectivity index (χ3v) is 3.60. The second-order valence-corrected chi connectivity index (χ2v) is 4.75. The molecular weight excluding hydrogens is 234 g/mol. The Morgan fingerprint density at radius 1 is 1.44 bits per heavy atom. The molecule has 2 atom stereocenters. The van der Waals surface area contributed by atoms with E-state index in [1.54, 1.807) is 0 Å². The van der Waals surface area contributed by atoms with Crippen molar-refractivity contribution in [1.82, 2.24) is 14.9 Å². The molecule has 1 aromatic heterocycles. The number of hydrogen-bond donors (Lipinski definition) is 1. The number of nitrogens with zero attached hydrogens (tertiary/aromatic N) is 3. The van der Waals surface area contributed by atoms with Crippen LogP contribution in [-0.2, 0) is 4.74 Å². The van der Waals surface area contributed by atoms with Crippen molar-refractivity contribution in [1.29, 1.82) is 0 Å². The summed E-state index contributed by atoms with van der Waals surface area (Å²) in [6, 6.07) is 0.541. The SMILES string of the molecule is O=C(O)c1cnc(C2CN3CCCC3CO2)nc1. The van der Waals surface area contributed by atoms with Crippen molar-refractivity contribution in [3.8, 4) is 0 Å². The van der Waals surface area contributed by atoms with E-state index >= 15 is 0 Å². The topological polar surface area (TPSA) is 75.5 Å². The number of carboxylic acid groups (broad SMARTS) is 1. The van der Waals surface area contributed by atoms with Gasteiger partial charge in [-0.3, -0.25) is 4.90 Å². The second-order valence-electron chi connectivity index (χ2n) is 4.75. The van der Waals surface area contributed by atoms with E-state index in [2.05, 4.69) is 14.9 Å². The predicted molar refractivity (Wildman–Crippen MR) is 62.3 cm³/mol. The van der Waals surface area contributed by atoms with Crippen LogP contribution < -0.4 is 0 Å². The molecule has 2 fully saturated rings. The molecule has 1 N–H and O–H groups in total. The fourth-order valence-corrected chi connectivity index (χ4v) is 2.59. The van der Waals surface area contributed by atoms with Crippen molar-refractivity contribution in [3.63, 3.8) is 0 Å². The molecule has 2 aliphatic heterocycles. The first-order chi connectivity index (χ1) is 8.74. The molecule has 96 valence electrons. The number of morpholine rings is 1. The van der Waals surface area contributed by atoms with Crippen molar-refractivity contribution in [2.45, 2.75) is 25.0 Å². The molecule has 3 rings (SSSR count). The van der Waals surface area contributed by atoms with Gasteiger partial charge in [0.1, 0.15) is 6.10 Å². The van der Waals surface area contributed by atoms with Crippen LogP contribution in [0.15, 0.2) is 12.4 Å². The first kappa shape index (κ1) is 11.6. The van der Waals surface area contributed by atoms with E-state index in [4.69, 9.17) is 9.84 Å². The van der Waals surface area contributed by atoms with Gasteiger partial charge < -0.3 is 9.84 Å². The largest absolute Gasteiger partial charge is 0.478 e. The van der Waals surface area contributed by atoms with Gasteiger partial charge in [0.05, 0.1) is 12.2 Å². The summed E-state index contributed by atoms with van der Waals surface area (Å²) in [5.41, 5.74) is 0.105. The number of aromatic nitrogens is 2. The Morgan fingerprint density at radius 2 is 2.22 bits per heavy atom. The fraction of sp³-hybridized carbons (Fsp3) is 0.583. The molecular formula is C12H15N3O3. The molecule has 0 radical (unpaired) electrons. The maximum absolute atomic E-state index is 10.7. The van der Waals surface area contributed by atoms with Gasteiger partial charge in [0.15, 0.2) is 5.82 Å². The fourth-order valence-electron chi connectivity index (χ4n) is 2.59. The number of aromatic carboxylic acids is 1. The van der Waals surface area contributed by atoms with Crippen LogP contribution in [0.4, 0.5) is 0 Å². The van der Waals surface area contributed by atoms with Gasteiger partial charge >= 0.3 is 5.97 Å². The molecule has 0 amide bonds. The average molecular weight is 249 g/mol. The quantitative estimate of drug-likeness (QED) is 0.832. The molecule has 2 aliphatic rings. The zero-order valence-corrected chi connectivity index (χ0v) is 9.95. The minimum absolute atomic E-state index is 0.105. The molecule has 0 aliphatic carbocycles. The first-order valence-electron chi connectivity index (χ1n) is 6.15. The van der Waals surface area contributed by atoms with Gasteiger partial charge in [-0.2, -0.15) is 0 Å². The highest BCUT2D eigenvalue weighted by Gasteiger charge is 2.33. The molecule has 0 spiro atoms. The van der Waals surface area contributed by atoms with E-state index in [1.807, 2.05) is 0 Å². The Bertz CT molecular complexity index is 448. The Balaban J connectivity index is 1.73. The summed E-state index contributed by atoms with van der Waals surface area (Å²) in [5, 5.41) is 8.79. The minimum Gasteiger partial charge on any atom is -0.478 e. The summed E-state index contributed by atoms with van der Waals surface area (Å²) in [5.74, 6) is -0.434. The Morgan fingerprint density at radius 3 is 2.94 bits per heavy atom. The summed E-state index contributed by atoms with van der Waals surface area (Å²) >= 11 is 0. The molecule has 18 heavy (non-hydrogen) atoms. The summed E-state index contributed by atoms with van der Waals surface area (Å²) < 4.78 is 5.76. The Hall–Kier alpha value is -1.53. The normalized spacial score (nSPS) is 28.0. The number of rotatable bonds is 2. The summed E-state index contributed by atoms with van der Waals surface area (Å²) in [6.07, 6.45) is 4.96. The first-order valence-corrected chi connectivity index (χ1v) is 6.15. The molecule has 2 saturated heterocycles. The van der Waals surface area contributed by atoms with Crippen molar-refractivity contribution in [2.24, 2.45) is 0 Å². The molecule has 2 unspecified atom stereocenters. The summed E-state index contributed by atoms with van der Waals surface area (Å²) in [7, 11) is 0. The van der Waals surface area contributed by atoms with E-state index in [-0.39, 0.29) is 11.7 Å². The number of carboxylic acids is 1. The van der Waals surface area contributed by atoms with Gasteiger partial charge in [-0.1, -0.05) is 0 Å². The molecule has 6 nitrogen and oxygen atoms in total. The molecule has 1 aromatic rings. The van der Waals surface area contributed by atoms with Gasteiger partial charge in [-0.25, -0.2) is 14.8 Å². The van der Waals surface area contributed by atoms with Crippen LogP contribution in [-0.4, -0.2) is 51.7 Å². The molecule has 0 saturated carbocycles. The lowest BCUT2D eigenvalue weighted by Crippen LogP contribution is -2.42. The number of carbonyl (C=O) groups is 1. The van der Waals surface area contributed by atoms with E-state index in [0.717, 1.165) is 13.1 Å². The summed E-state index contributed by atoms with van der Waals surface area (Å²) in [4.78, 5) is 21.3.